The van der Waals surface area contributed by atoms with E-state index in [1.807, 2.05) is 18.2 Å². The molecule has 1 N–H and O–H groups in total. The Bertz CT molecular complexity index is 612. The Kier molecular flexibility index (Phi) is 5.56. The molecule has 0 saturated carbocycles. The maximum absolute atomic E-state index is 5.36. The third-order valence-corrected chi connectivity index (χ3v) is 4.10. The summed E-state index contributed by atoms with van der Waals surface area (Å²) in [5.41, 5.74) is 3.15. The van der Waals surface area contributed by atoms with Gasteiger partial charge in [-0.1, -0.05) is 30.3 Å². The van der Waals surface area contributed by atoms with Crippen LogP contribution in [-0.2, 0) is 4.74 Å². The highest BCUT2D eigenvalue weighted by atomic mass is 16.5. The van der Waals surface area contributed by atoms with Crippen molar-refractivity contribution in [3.8, 4) is 11.3 Å². The number of hydrogen-bond acceptors (Lipinski definition) is 5. The lowest BCUT2D eigenvalue weighted by molar-refractivity contribution is 0.0378. The molecule has 1 fully saturated rings. The van der Waals surface area contributed by atoms with Crippen LogP contribution in [0.3, 0.4) is 0 Å². The number of hydrogen-bond donors (Lipinski definition) is 1. The first-order chi connectivity index (χ1) is 11.3. The number of nitrogens with zero attached hydrogens (tertiary/aromatic N) is 3. The molecule has 3 rings (SSSR count). The van der Waals surface area contributed by atoms with Crippen molar-refractivity contribution in [2.45, 2.75) is 13.3 Å². The molecule has 5 nitrogen and oxygen atoms in total. The summed E-state index contributed by atoms with van der Waals surface area (Å²) in [4.78, 5) is 2.45. The van der Waals surface area contributed by atoms with E-state index in [2.05, 4.69) is 45.5 Å². The summed E-state index contributed by atoms with van der Waals surface area (Å²) in [7, 11) is 0. The van der Waals surface area contributed by atoms with Gasteiger partial charge in [-0.25, -0.2) is 0 Å². The molecular weight excluding hydrogens is 288 g/mol. The van der Waals surface area contributed by atoms with E-state index in [9.17, 15) is 0 Å². The first kappa shape index (κ1) is 15.9. The molecule has 23 heavy (non-hydrogen) atoms. The molecule has 1 aromatic carbocycles. The van der Waals surface area contributed by atoms with E-state index in [1.165, 1.54) is 0 Å². The van der Waals surface area contributed by atoms with Gasteiger partial charge in [-0.3, -0.25) is 4.90 Å². The summed E-state index contributed by atoms with van der Waals surface area (Å²) < 4.78 is 5.36. The molecule has 2 heterocycles. The number of aromatic nitrogens is 2. The topological polar surface area (TPSA) is 50.3 Å². The third kappa shape index (κ3) is 4.50. The largest absolute Gasteiger partial charge is 0.379 e. The number of benzene rings is 1. The van der Waals surface area contributed by atoms with Crippen molar-refractivity contribution in [1.82, 2.24) is 15.1 Å². The van der Waals surface area contributed by atoms with Crippen LogP contribution in [0.5, 0.6) is 0 Å². The molecule has 0 radical (unpaired) electrons. The molecular formula is C18H24N4O. The van der Waals surface area contributed by atoms with Crippen LogP contribution in [0.15, 0.2) is 36.4 Å². The molecule has 0 unspecified atom stereocenters. The summed E-state index contributed by atoms with van der Waals surface area (Å²) in [5.74, 6) is 0.881. The molecule has 0 aliphatic carbocycles. The fourth-order valence-electron chi connectivity index (χ4n) is 2.74. The second-order valence-electron chi connectivity index (χ2n) is 5.86. The SMILES string of the molecule is Cc1cc(-c2ccccc2)nnc1NCCCN1CCOCC1. The van der Waals surface area contributed by atoms with Gasteiger partial charge in [-0.05, 0) is 31.5 Å². The van der Waals surface area contributed by atoms with E-state index in [0.29, 0.717) is 0 Å². The molecule has 2 aromatic rings. The summed E-state index contributed by atoms with van der Waals surface area (Å²) in [5, 5.41) is 12.1. The lowest BCUT2D eigenvalue weighted by Crippen LogP contribution is -2.37. The van der Waals surface area contributed by atoms with E-state index in [0.717, 1.165) is 68.5 Å². The standard InChI is InChI=1S/C18H24N4O/c1-15-14-17(16-6-3-2-4-7-16)20-21-18(15)19-8-5-9-22-10-12-23-13-11-22/h2-4,6-7,14H,5,8-13H2,1H3,(H,19,21). The van der Waals surface area contributed by atoms with Crippen molar-refractivity contribution in [3.05, 3.63) is 42.0 Å². The molecule has 0 atom stereocenters. The minimum absolute atomic E-state index is 0.860. The number of rotatable bonds is 6. The summed E-state index contributed by atoms with van der Waals surface area (Å²) in [6.45, 7) is 7.90. The zero-order valence-electron chi connectivity index (χ0n) is 13.7. The van der Waals surface area contributed by atoms with Gasteiger partial charge >= 0.3 is 0 Å². The van der Waals surface area contributed by atoms with Crippen molar-refractivity contribution in [3.63, 3.8) is 0 Å². The van der Waals surface area contributed by atoms with Crippen molar-refractivity contribution in [2.75, 3.05) is 44.7 Å². The minimum atomic E-state index is 0.860. The van der Waals surface area contributed by atoms with Gasteiger partial charge < -0.3 is 10.1 Å². The van der Waals surface area contributed by atoms with E-state index >= 15 is 0 Å². The fourth-order valence-corrected chi connectivity index (χ4v) is 2.74. The lowest BCUT2D eigenvalue weighted by atomic mass is 10.1. The Labute approximate surface area is 137 Å². The van der Waals surface area contributed by atoms with E-state index in [4.69, 9.17) is 4.74 Å². The van der Waals surface area contributed by atoms with E-state index in [1.54, 1.807) is 0 Å². The molecule has 1 aromatic heterocycles. The van der Waals surface area contributed by atoms with Crippen molar-refractivity contribution in [2.24, 2.45) is 0 Å². The first-order valence-corrected chi connectivity index (χ1v) is 8.26. The number of anilines is 1. The van der Waals surface area contributed by atoms with Gasteiger partial charge in [0.25, 0.3) is 0 Å². The van der Waals surface area contributed by atoms with Gasteiger partial charge in [0.1, 0.15) is 0 Å². The maximum atomic E-state index is 5.36. The smallest absolute Gasteiger partial charge is 0.151 e. The number of nitrogens with one attached hydrogen (secondary N) is 1. The lowest BCUT2D eigenvalue weighted by Gasteiger charge is -2.26. The zero-order chi connectivity index (χ0) is 15.9. The highest BCUT2D eigenvalue weighted by molar-refractivity contribution is 5.61. The van der Waals surface area contributed by atoms with Crippen molar-refractivity contribution >= 4 is 5.82 Å². The quantitative estimate of drug-likeness (QED) is 0.831. The van der Waals surface area contributed by atoms with Crippen LogP contribution in [0.4, 0.5) is 5.82 Å². The van der Waals surface area contributed by atoms with Gasteiger partial charge in [-0.2, -0.15) is 0 Å². The summed E-state index contributed by atoms with van der Waals surface area (Å²) in [6.07, 6.45) is 1.10. The molecule has 1 saturated heterocycles. The van der Waals surface area contributed by atoms with Crippen LogP contribution in [0.2, 0.25) is 0 Å². The van der Waals surface area contributed by atoms with Crippen LogP contribution in [0.1, 0.15) is 12.0 Å². The molecule has 122 valence electrons. The fraction of sp³-hybridized carbons (Fsp3) is 0.444. The van der Waals surface area contributed by atoms with Crippen molar-refractivity contribution in [1.29, 1.82) is 0 Å². The van der Waals surface area contributed by atoms with Crippen LogP contribution < -0.4 is 5.32 Å². The molecule has 0 amide bonds. The highest BCUT2D eigenvalue weighted by Crippen LogP contribution is 2.19. The van der Waals surface area contributed by atoms with Crippen molar-refractivity contribution < 1.29 is 4.74 Å². The average Bonchev–Trinajstić information content (AvgIpc) is 2.61. The predicted octanol–water partition coefficient (Wildman–Crippen LogP) is 2.59. The van der Waals surface area contributed by atoms with Gasteiger partial charge in [0.05, 0.1) is 18.9 Å². The monoisotopic (exact) mass is 312 g/mol. The van der Waals surface area contributed by atoms with Gasteiger partial charge in [0, 0.05) is 25.2 Å². The molecule has 1 aliphatic heterocycles. The van der Waals surface area contributed by atoms with Gasteiger partial charge in [0.15, 0.2) is 5.82 Å². The van der Waals surface area contributed by atoms with Crippen LogP contribution in [0.25, 0.3) is 11.3 Å². The van der Waals surface area contributed by atoms with Crippen LogP contribution in [-0.4, -0.2) is 54.5 Å². The Hall–Kier alpha value is -1.98. The summed E-state index contributed by atoms with van der Waals surface area (Å²) >= 11 is 0. The molecule has 5 heteroatoms. The Balaban J connectivity index is 1.50. The maximum Gasteiger partial charge on any atom is 0.151 e. The highest BCUT2D eigenvalue weighted by Gasteiger charge is 2.09. The predicted molar refractivity (Wildman–Crippen MR) is 92.6 cm³/mol. The van der Waals surface area contributed by atoms with E-state index in [-0.39, 0.29) is 0 Å². The zero-order valence-corrected chi connectivity index (χ0v) is 13.7. The number of ether oxygens (including phenoxy) is 1. The minimum Gasteiger partial charge on any atom is -0.379 e. The number of morpholine rings is 1. The molecule has 1 aliphatic rings. The Morgan fingerprint density at radius 2 is 1.91 bits per heavy atom. The average molecular weight is 312 g/mol. The molecule has 0 bridgehead atoms. The van der Waals surface area contributed by atoms with Crippen LogP contribution >= 0.6 is 0 Å². The molecule has 0 spiro atoms. The second kappa shape index (κ2) is 8.04. The number of aryl methyl sites for hydroxylation is 1. The normalized spacial score (nSPS) is 15.5. The van der Waals surface area contributed by atoms with Crippen LogP contribution in [0, 0.1) is 6.92 Å². The van der Waals surface area contributed by atoms with E-state index < -0.39 is 0 Å². The summed E-state index contributed by atoms with van der Waals surface area (Å²) in [6, 6.07) is 12.2. The first-order valence-electron chi connectivity index (χ1n) is 8.26. The second-order valence-corrected chi connectivity index (χ2v) is 5.86. The Morgan fingerprint density at radius 1 is 1.13 bits per heavy atom. The van der Waals surface area contributed by atoms with Gasteiger partial charge in [-0.15, -0.1) is 10.2 Å². The third-order valence-electron chi connectivity index (χ3n) is 4.10. The Morgan fingerprint density at radius 3 is 2.65 bits per heavy atom. The van der Waals surface area contributed by atoms with Gasteiger partial charge in [0.2, 0.25) is 0 Å².